The predicted molar refractivity (Wildman–Crippen MR) is 113 cm³/mol. The molecule has 1 aliphatic carbocycles. The summed E-state index contributed by atoms with van der Waals surface area (Å²) in [5.74, 6) is 0.592. The summed E-state index contributed by atoms with van der Waals surface area (Å²) >= 11 is 0. The molecule has 2 aromatic heterocycles. The topological polar surface area (TPSA) is 84.5 Å². The molecule has 5 rings (SSSR count). The molecule has 3 aromatic rings. The molecule has 0 atom stereocenters. The van der Waals surface area contributed by atoms with Gasteiger partial charge in [-0.15, -0.1) is 0 Å². The fraction of sp³-hybridized carbons (Fsp3) is 0.391. The van der Waals surface area contributed by atoms with Crippen LogP contribution in [-0.4, -0.2) is 37.3 Å². The monoisotopic (exact) mass is 419 g/mol. The highest BCUT2D eigenvalue weighted by molar-refractivity contribution is 6.23. The molecule has 1 spiro atoms. The fourth-order valence-corrected chi connectivity index (χ4v) is 4.59. The molecule has 1 aromatic carbocycles. The van der Waals surface area contributed by atoms with E-state index in [2.05, 4.69) is 16.3 Å². The smallest absolute Gasteiger partial charge is 0.332 e. The molecule has 3 heterocycles. The molecular formula is C23H25N5O3. The Morgan fingerprint density at radius 3 is 2.58 bits per heavy atom. The number of rotatable bonds is 5. The van der Waals surface area contributed by atoms with Crippen LogP contribution in [0.1, 0.15) is 47.4 Å². The van der Waals surface area contributed by atoms with Gasteiger partial charge in [0.05, 0.1) is 24.1 Å². The van der Waals surface area contributed by atoms with Crippen molar-refractivity contribution in [1.29, 1.82) is 0 Å². The van der Waals surface area contributed by atoms with E-state index in [0.29, 0.717) is 31.6 Å². The maximum atomic E-state index is 13.4. The number of anilines is 1. The van der Waals surface area contributed by atoms with Crippen LogP contribution in [-0.2, 0) is 17.9 Å². The van der Waals surface area contributed by atoms with Crippen LogP contribution in [0, 0.1) is 20.8 Å². The van der Waals surface area contributed by atoms with E-state index in [1.165, 1.54) is 4.90 Å². The van der Waals surface area contributed by atoms with Crippen LogP contribution >= 0.6 is 0 Å². The van der Waals surface area contributed by atoms with E-state index in [4.69, 9.17) is 4.52 Å². The Kier molecular flexibility index (Phi) is 4.46. The zero-order chi connectivity index (χ0) is 21.8. The van der Waals surface area contributed by atoms with Crippen molar-refractivity contribution in [3.8, 4) is 0 Å². The van der Waals surface area contributed by atoms with Crippen molar-refractivity contribution in [2.75, 3.05) is 4.90 Å². The van der Waals surface area contributed by atoms with Gasteiger partial charge in [0, 0.05) is 18.3 Å². The number of amides is 3. The molecule has 8 heteroatoms. The lowest BCUT2D eigenvalue weighted by Crippen LogP contribution is -2.54. The van der Waals surface area contributed by atoms with Crippen LogP contribution in [0.5, 0.6) is 0 Å². The van der Waals surface area contributed by atoms with Gasteiger partial charge in [-0.05, 0) is 45.6 Å². The predicted octanol–water partition coefficient (Wildman–Crippen LogP) is 3.74. The molecule has 3 amide bonds. The van der Waals surface area contributed by atoms with E-state index < -0.39 is 5.54 Å². The Morgan fingerprint density at radius 2 is 1.94 bits per heavy atom. The van der Waals surface area contributed by atoms with Crippen molar-refractivity contribution in [3.63, 3.8) is 0 Å². The van der Waals surface area contributed by atoms with Gasteiger partial charge in [-0.25, -0.2) is 9.69 Å². The molecule has 2 fully saturated rings. The Hall–Kier alpha value is -3.42. The number of carbonyl (C=O) groups excluding carboxylic acids is 2. The molecule has 1 saturated heterocycles. The minimum atomic E-state index is -0.732. The van der Waals surface area contributed by atoms with Gasteiger partial charge in [0.1, 0.15) is 11.3 Å². The van der Waals surface area contributed by atoms with Crippen molar-refractivity contribution in [1.82, 2.24) is 19.8 Å². The summed E-state index contributed by atoms with van der Waals surface area (Å²) in [6, 6.07) is 7.80. The fourth-order valence-electron chi connectivity index (χ4n) is 4.59. The van der Waals surface area contributed by atoms with E-state index >= 15 is 0 Å². The van der Waals surface area contributed by atoms with Gasteiger partial charge >= 0.3 is 6.03 Å². The van der Waals surface area contributed by atoms with E-state index in [1.54, 1.807) is 22.0 Å². The number of aryl methyl sites for hydroxylation is 3. The standard InChI is InChI=1S/C23H25N5O3/c1-15-6-4-7-18(10-15)12-27-22(30)28(21(29)23(27)8-5-9-23)19-11-24-26(13-19)14-20-16(2)25-31-17(20)3/h4,6-7,10-11,13H,5,8-9,12,14H2,1-3H3. The molecule has 31 heavy (non-hydrogen) atoms. The van der Waals surface area contributed by atoms with Crippen molar-refractivity contribution < 1.29 is 14.1 Å². The second kappa shape index (κ2) is 7.08. The third-order valence-corrected chi connectivity index (χ3v) is 6.52. The average Bonchev–Trinajstić information content (AvgIpc) is 3.34. The maximum absolute atomic E-state index is 13.4. The minimum absolute atomic E-state index is 0.145. The summed E-state index contributed by atoms with van der Waals surface area (Å²) in [5.41, 5.74) is 3.69. The first-order valence-corrected chi connectivity index (χ1v) is 10.5. The summed E-state index contributed by atoms with van der Waals surface area (Å²) < 4.78 is 6.93. The maximum Gasteiger partial charge on any atom is 0.332 e. The molecule has 0 radical (unpaired) electrons. The van der Waals surface area contributed by atoms with E-state index in [-0.39, 0.29) is 11.9 Å². The number of urea groups is 1. The first-order chi connectivity index (χ1) is 14.9. The number of hydrogen-bond donors (Lipinski definition) is 0. The average molecular weight is 419 g/mol. The second-order valence-electron chi connectivity index (χ2n) is 8.58. The lowest BCUT2D eigenvalue weighted by atomic mass is 9.75. The first-order valence-electron chi connectivity index (χ1n) is 10.5. The SMILES string of the molecule is Cc1cccc(CN2C(=O)N(c3cnn(Cc4c(C)noc4C)c3)C(=O)C23CCC3)c1. The normalized spacial score (nSPS) is 17.6. The van der Waals surface area contributed by atoms with E-state index in [0.717, 1.165) is 34.6 Å². The van der Waals surface area contributed by atoms with Crippen LogP contribution in [0.25, 0.3) is 0 Å². The number of imide groups is 1. The third-order valence-electron chi connectivity index (χ3n) is 6.52. The summed E-state index contributed by atoms with van der Waals surface area (Å²) in [7, 11) is 0. The van der Waals surface area contributed by atoms with Crippen LogP contribution in [0.2, 0.25) is 0 Å². The van der Waals surface area contributed by atoms with Crippen LogP contribution < -0.4 is 4.90 Å². The first kappa shape index (κ1) is 19.5. The molecule has 0 unspecified atom stereocenters. The number of nitrogens with zero attached hydrogens (tertiary/aromatic N) is 5. The third kappa shape index (κ3) is 3.05. The highest BCUT2D eigenvalue weighted by Gasteiger charge is 2.60. The largest absolute Gasteiger partial charge is 0.361 e. The number of carbonyl (C=O) groups is 2. The van der Waals surface area contributed by atoms with Gasteiger partial charge in [0.2, 0.25) is 0 Å². The highest BCUT2D eigenvalue weighted by Crippen LogP contribution is 2.46. The van der Waals surface area contributed by atoms with E-state index in [1.807, 2.05) is 39.0 Å². The Labute approximate surface area is 180 Å². The Bertz CT molecular complexity index is 1150. The van der Waals surface area contributed by atoms with Crippen LogP contribution in [0.4, 0.5) is 10.5 Å². The van der Waals surface area contributed by atoms with E-state index in [9.17, 15) is 9.59 Å². The Balaban J connectivity index is 1.43. The lowest BCUT2D eigenvalue weighted by Gasteiger charge is -2.42. The van der Waals surface area contributed by atoms with Crippen molar-refractivity contribution in [2.24, 2.45) is 0 Å². The van der Waals surface area contributed by atoms with Gasteiger partial charge in [-0.3, -0.25) is 9.48 Å². The zero-order valence-electron chi connectivity index (χ0n) is 18.0. The van der Waals surface area contributed by atoms with Crippen LogP contribution in [0.3, 0.4) is 0 Å². The molecule has 8 nitrogen and oxygen atoms in total. The number of aromatic nitrogens is 3. The Morgan fingerprint density at radius 1 is 1.13 bits per heavy atom. The van der Waals surface area contributed by atoms with Crippen molar-refractivity contribution in [2.45, 2.75) is 58.7 Å². The van der Waals surface area contributed by atoms with Gasteiger partial charge in [0.25, 0.3) is 5.91 Å². The summed E-state index contributed by atoms with van der Waals surface area (Å²) in [5, 5.41) is 8.35. The van der Waals surface area contributed by atoms with Gasteiger partial charge < -0.3 is 9.42 Å². The van der Waals surface area contributed by atoms with Gasteiger partial charge in [-0.2, -0.15) is 5.10 Å². The molecule has 1 aliphatic heterocycles. The molecule has 0 bridgehead atoms. The zero-order valence-corrected chi connectivity index (χ0v) is 18.0. The summed E-state index contributed by atoms with van der Waals surface area (Å²) in [6.07, 6.45) is 5.67. The van der Waals surface area contributed by atoms with Crippen molar-refractivity contribution in [3.05, 3.63) is 64.8 Å². The molecule has 0 N–H and O–H groups in total. The molecule has 2 aliphatic rings. The lowest BCUT2D eigenvalue weighted by molar-refractivity contribution is -0.129. The quantitative estimate of drug-likeness (QED) is 0.588. The summed E-state index contributed by atoms with van der Waals surface area (Å²) in [4.78, 5) is 29.9. The number of benzene rings is 1. The van der Waals surface area contributed by atoms with Gasteiger partial charge in [0.15, 0.2) is 0 Å². The van der Waals surface area contributed by atoms with Crippen LogP contribution in [0.15, 0.2) is 41.2 Å². The second-order valence-corrected chi connectivity index (χ2v) is 8.58. The molecular weight excluding hydrogens is 394 g/mol. The number of hydrogen-bond acceptors (Lipinski definition) is 5. The molecule has 1 saturated carbocycles. The van der Waals surface area contributed by atoms with Gasteiger partial charge in [-0.1, -0.05) is 35.0 Å². The highest BCUT2D eigenvalue weighted by atomic mass is 16.5. The summed E-state index contributed by atoms with van der Waals surface area (Å²) in [6.45, 7) is 6.66. The minimum Gasteiger partial charge on any atom is -0.361 e. The molecule has 160 valence electrons. The van der Waals surface area contributed by atoms with Crippen molar-refractivity contribution >= 4 is 17.6 Å².